The van der Waals surface area contributed by atoms with Gasteiger partial charge >= 0.3 is 0 Å². The lowest BCUT2D eigenvalue weighted by Gasteiger charge is -2.34. The van der Waals surface area contributed by atoms with E-state index in [2.05, 4.69) is 0 Å². The van der Waals surface area contributed by atoms with Crippen molar-refractivity contribution in [3.05, 3.63) is 64.4 Å². The lowest BCUT2D eigenvalue weighted by molar-refractivity contribution is -0.128. The van der Waals surface area contributed by atoms with Gasteiger partial charge in [-0.1, -0.05) is 17.7 Å². The maximum Gasteiger partial charge on any atom is 0.253 e. The Kier molecular flexibility index (Phi) is 5.33. The molecule has 2 heterocycles. The largest absolute Gasteiger partial charge is 0.488 e. The summed E-state index contributed by atoms with van der Waals surface area (Å²) in [5.74, 6) is -0.139. The van der Waals surface area contributed by atoms with Gasteiger partial charge in [0.1, 0.15) is 18.2 Å². The molecule has 2 aromatic carbocycles. The molecule has 2 aromatic rings. The van der Waals surface area contributed by atoms with Crippen LogP contribution in [0.2, 0.25) is 5.02 Å². The minimum atomic E-state index is -3.80. The summed E-state index contributed by atoms with van der Waals surface area (Å²) >= 11 is 6.01. The van der Waals surface area contributed by atoms with E-state index >= 15 is 0 Å². The van der Waals surface area contributed by atoms with Crippen molar-refractivity contribution in [1.82, 2.24) is 9.21 Å². The fourth-order valence-corrected chi connectivity index (χ4v) is 5.02. The van der Waals surface area contributed by atoms with Gasteiger partial charge in [-0.2, -0.15) is 4.31 Å². The molecular formula is C20H18ClFN2O4S. The number of amides is 1. The molecule has 2 aliphatic rings. The lowest BCUT2D eigenvalue weighted by Crippen LogP contribution is -2.51. The van der Waals surface area contributed by atoms with Gasteiger partial charge in [0.15, 0.2) is 0 Å². The molecule has 1 saturated heterocycles. The summed E-state index contributed by atoms with van der Waals surface area (Å²) in [4.78, 5) is 14.4. The molecule has 2 aliphatic heterocycles. The second-order valence-electron chi connectivity index (χ2n) is 6.79. The number of nitrogens with zero attached hydrogens (tertiary/aromatic N) is 2. The molecule has 152 valence electrons. The predicted molar refractivity (Wildman–Crippen MR) is 107 cm³/mol. The average Bonchev–Trinajstić information content (AvgIpc) is 2.72. The molecule has 0 bridgehead atoms. The highest BCUT2D eigenvalue weighted by Gasteiger charge is 2.31. The van der Waals surface area contributed by atoms with E-state index in [1.54, 1.807) is 29.2 Å². The molecule has 0 N–H and O–H groups in total. The summed E-state index contributed by atoms with van der Waals surface area (Å²) in [6, 6.07) is 10.1. The van der Waals surface area contributed by atoms with Crippen LogP contribution < -0.4 is 4.74 Å². The van der Waals surface area contributed by atoms with E-state index in [0.29, 0.717) is 16.3 Å². The molecule has 0 spiro atoms. The van der Waals surface area contributed by atoms with E-state index in [0.717, 1.165) is 11.6 Å². The zero-order valence-corrected chi connectivity index (χ0v) is 16.9. The Morgan fingerprint density at radius 1 is 1.07 bits per heavy atom. The first-order chi connectivity index (χ1) is 13.8. The SMILES string of the molecule is O=C(C1=Cc2cc(Cl)ccc2OC1)N1CCN(S(=O)(=O)c2cccc(F)c2)CC1. The van der Waals surface area contributed by atoms with E-state index in [1.807, 2.05) is 0 Å². The van der Waals surface area contributed by atoms with Crippen LogP contribution in [0.25, 0.3) is 6.08 Å². The van der Waals surface area contributed by atoms with E-state index < -0.39 is 15.8 Å². The van der Waals surface area contributed by atoms with Crippen molar-refractivity contribution in [3.8, 4) is 5.75 Å². The predicted octanol–water partition coefficient (Wildman–Crippen LogP) is 2.79. The topological polar surface area (TPSA) is 66.9 Å². The Hall–Kier alpha value is -2.42. The van der Waals surface area contributed by atoms with Gasteiger partial charge in [-0.3, -0.25) is 4.79 Å². The number of piperazine rings is 1. The monoisotopic (exact) mass is 436 g/mol. The van der Waals surface area contributed by atoms with Crippen molar-refractivity contribution in [2.24, 2.45) is 0 Å². The molecule has 0 aliphatic carbocycles. The molecule has 0 radical (unpaired) electrons. The number of carbonyl (C=O) groups excluding carboxylic acids is 1. The van der Waals surface area contributed by atoms with Gasteiger partial charge in [0.2, 0.25) is 10.0 Å². The van der Waals surface area contributed by atoms with Crippen molar-refractivity contribution in [2.75, 3.05) is 32.8 Å². The van der Waals surface area contributed by atoms with Gasteiger partial charge < -0.3 is 9.64 Å². The number of benzene rings is 2. The Labute approximate surface area is 173 Å². The van der Waals surface area contributed by atoms with Crippen LogP contribution >= 0.6 is 11.6 Å². The minimum Gasteiger partial charge on any atom is -0.488 e. The summed E-state index contributed by atoms with van der Waals surface area (Å²) in [5.41, 5.74) is 1.22. The smallest absolute Gasteiger partial charge is 0.253 e. The second kappa shape index (κ2) is 7.78. The molecule has 4 rings (SSSR count). The summed E-state index contributed by atoms with van der Waals surface area (Å²) < 4.78 is 45.7. The fraction of sp³-hybridized carbons (Fsp3) is 0.250. The number of ether oxygens (including phenoxy) is 1. The lowest BCUT2D eigenvalue weighted by atomic mass is 10.1. The van der Waals surface area contributed by atoms with Crippen LogP contribution in [0.4, 0.5) is 4.39 Å². The number of hydrogen-bond donors (Lipinski definition) is 0. The van der Waals surface area contributed by atoms with Crippen molar-refractivity contribution < 1.29 is 22.3 Å². The molecule has 1 amide bonds. The third-order valence-electron chi connectivity index (χ3n) is 4.92. The zero-order chi connectivity index (χ0) is 20.6. The Balaban J connectivity index is 1.45. The zero-order valence-electron chi connectivity index (χ0n) is 15.3. The van der Waals surface area contributed by atoms with Gasteiger partial charge in [-0.15, -0.1) is 0 Å². The first-order valence-corrected chi connectivity index (χ1v) is 10.8. The summed E-state index contributed by atoms with van der Waals surface area (Å²) in [6.07, 6.45) is 1.75. The van der Waals surface area contributed by atoms with Crippen molar-refractivity contribution >= 4 is 33.6 Å². The number of carbonyl (C=O) groups is 1. The molecule has 0 saturated carbocycles. The van der Waals surface area contributed by atoms with Gasteiger partial charge in [0.05, 0.1) is 10.5 Å². The fourth-order valence-electron chi connectivity index (χ4n) is 3.38. The number of halogens is 2. The van der Waals surface area contributed by atoms with Crippen LogP contribution in [0.3, 0.4) is 0 Å². The van der Waals surface area contributed by atoms with E-state index in [1.165, 1.54) is 22.5 Å². The van der Waals surface area contributed by atoms with Crippen LogP contribution in [-0.2, 0) is 14.8 Å². The molecule has 1 fully saturated rings. The maximum absolute atomic E-state index is 13.4. The van der Waals surface area contributed by atoms with Crippen LogP contribution in [0.15, 0.2) is 52.9 Å². The van der Waals surface area contributed by atoms with Crippen LogP contribution in [0.1, 0.15) is 5.56 Å². The third-order valence-corrected chi connectivity index (χ3v) is 7.05. The number of sulfonamides is 1. The molecule has 29 heavy (non-hydrogen) atoms. The van der Waals surface area contributed by atoms with Gasteiger partial charge in [0, 0.05) is 36.8 Å². The highest BCUT2D eigenvalue weighted by atomic mass is 35.5. The number of hydrogen-bond acceptors (Lipinski definition) is 4. The Bertz CT molecular complexity index is 1100. The van der Waals surface area contributed by atoms with Crippen LogP contribution in [-0.4, -0.2) is 56.3 Å². The van der Waals surface area contributed by atoms with Crippen molar-refractivity contribution in [2.45, 2.75) is 4.90 Å². The first-order valence-electron chi connectivity index (χ1n) is 9.02. The summed E-state index contributed by atoms with van der Waals surface area (Å²) in [5, 5.41) is 0.550. The normalized spacial score (nSPS) is 17.3. The van der Waals surface area contributed by atoms with Crippen molar-refractivity contribution in [3.63, 3.8) is 0 Å². The highest BCUT2D eigenvalue weighted by Crippen LogP contribution is 2.30. The molecule has 0 aromatic heterocycles. The molecule has 0 unspecified atom stereocenters. The first kappa shape index (κ1) is 19.9. The van der Waals surface area contributed by atoms with Crippen LogP contribution in [0, 0.1) is 5.82 Å². The summed E-state index contributed by atoms with van der Waals surface area (Å²) in [6.45, 7) is 0.914. The molecule has 9 heteroatoms. The van der Waals surface area contributed by atoms with Crippen LogP contribution in [0.5, 0.6) is 5.75 Å². The maximum atomic E-state index is 13.4. The highest BCUT2D eigenvalue weighted by molar-refractivity contribution is 7.89. The second-order valence-corrected chi connectivity index (χ2v) is 9.17. The van der Waals surface area contributed by atoms with Gasteiger partial charge in [0.25, 0.3) is 5.91 Å². The van der Waals surface area contributed by atoms with Gasteiger partial charge in [-0.05, 0) is 42.5 Å². The van der Waals surface area contributed by atoms with E-state index in [-0.39, 0.29) is 43.6 Å². The number of rotatable bonds is 3. The van der Waals surface area contributed by atoms with Crippen molar-refractivity contribution in [1.29, 1.82) is 0 Å². The van der Waals surface area contributed by atoms with E-state index in [9.17, 15) is 17.6 Å². The Morgan fingerprint density at radius 3 is 2.55 bits per heavy atom. The number of fused-ring (bicyclic) bond motifs is 1. The summed E-state index contributed by atoms with van der Waals surface area (Å²) in [7, 11) is -3.80. The minimum absolute atomic E-state index is 0.0887. The van der Waals surface area contributed by atoms with Gasteiger partial charge in [-0.25, -0.2) is 12.8 Å². The Morgan fingerprint density at radius 2 is 1.83 bits per heavy atom. The third kappa shape index (κ3) is 4.01. The molecule has 0 atom stereocenters. The quantitative estimate of drug-likeness (QED) is 0.742. The standard InChI is InChI=1S/C20H18ClFN2O4S/c21-16-4-5-19-14(11-16)10-15(13-28-19)20(25)23-6-8-24(9-7-23)29(26,27)18-3-1-2-17(22)12-18/h1-5,10-12H,6-9,13H2. The average molecular weight is 437 g/mol. The molecular weight excluding hydrogens is 419 g/mol. The van der Waals surface area contributed by atoms with E-state index in [4.69, 9.17) is 16.3 Å². The molecule has 6 nitrogen and oxygen atoms in total.